The van der Waals surface area contributed by atoms with Crippen LogP contribution in [0.5, 0.6) is 17.6 Å². The van der Waals surface area contributed by atoms with Crippen LogP contribution in [-0.4, -0.2) is 48.2 Å². The number of halogens is 4. The van der Waals surface area contributed by atoms with Gasteiger partial charge in [0.25, 0.3) is 0 Å². The minimum absolute atomic E-state index is 0.101. The third-order valence-electron chi connectivity index (χ3n) is 7.19. The van der Waals surface area contributed by atoms with Crippen molar-refractivity contribution >= 4 is 0 Å². The minimum Gasteiger partial charge on any atom is -0.480 e. The van der Waals surface area contributed by atoms with E-state index in [1.54, 1.807) is 0 Å². The molecule has 0 saturated heterocycles. The molecule has 0 amide bonds. The average molecular weight is 570 g/mol. The second-order valence-corrected chi connectivity index (χ2v) is 10.2. The summed E-state index contributed by atoms with van der Waals surface area (Å²) in [6.07, 6.45) is 2.99. The quantitative estimate of drug-likeness (QED) is 0.268. The largest absolute Gasteiger partial charge is 0.480 e. The van der Waals surface area contributed by atoms with Crippen LogP contribution in [0.15, 0.2) is 24.8 Å². The van der Waals surface area contributed by atoms with Gasteiger partial charge in [-0.15, -0.1) is 0 Å². The lowest BCUT2D eigenvalue weighted by molar-refractivity contribution is -0.140. The Morgan fingerprint density at radius 2 is 1.88 bits per heavy atom. The summed E-state index contributed by atoms with van der Waals surface area (Å²) in [4.78, 5) is 25.7. The van der Waals surface area contributed by atoms with Crippen LogP contribution < -0.4 is 14.2 Å². The zero-order valence-corrected chi connectivity index (χ0v) is 21.8. The fraction of sp³-hybridized carbons (Fsp3) is 0.407. The number of aromatic nitrogens is 7. The molecule has 1 aliphatic heterocycles. The maximum atomic E-state index is 15.2. The van der Waals surface area contributed by atoms with Crippen LogP contribution in [0.2, 0.25) is 0 Å². The standard InChI is InChI=1S/C27H23F4N7O3/c1-39-26-19(20(14-2-3-14)33-12-34-26)22-36-24-16(6-7-40-24)25(37-22)41-11-13-8-17(28)21(32-9-13)23-35-18(27(29,30)31)10-38(23)15-4-5-15/h8-10,12,14-15H,2-7,11H2,1H3. The molecule has 4 aromatic heterocycles. The molecule has 7 rings (SSSR count). The summed E-state index contributed by atoms with van der Waals surface area (Å²) >= 11 is 0. The molecule has 0 radical (unpaired) electrons. The number of hydrogen-bond acceptors (Lipinski definition) is 9. The van der Waals surface area contributed by atoms with Crippen LogP contribution in [0, 0.1) is 5.82 Å². The number of methoxy groups -OCH3 is 1. The minimum atomic E-state index is -4.64. The summed E-state index contributed by atoms with van der Waals surface area (Å²) in [5.74, 6) is 0.593. The molecule has 0 atom stereocenters. The van der Waals surface area contributed by atoms with E-state index in [-0.39, 0.29) is 36.0 Å². The third kappa shape index (κ3) is 4.80. The second kappa shape index (κ2) is 9.63. The summed E-state index contributed by atoms with van der Waals surface area (Å²) in [5, 5.41) is 0. The van der Waals surface area contributed by atoms with E-state index in [0.717, 1.165) is 24.7 Å². The van der Waals surface area contributed by atoms with Crippen molar-refractivity contribution in [2.75, 3.05) is 13.7 Å². The first-order chi connectivity index (χ1) is 19.8. The van der Waals surface area contributed by atoms with Gasteiger partial charge in [0.05, 0.1) is 25.0 Å². The number of fused-ring (bicyclic) bond motifs is 1. The van der Waals surface area contributed by atoms with Crippen LogP contribution >= 0.6 is 0 Å². The van der Waals surface area contributed by atoms with E-state index in [0.29, 0.717) is 60.1 Å². The van der Waals surface area contributed by atoms with Crippen LogP contribution in [0.25, 0.3) is 22.9 Å². The summed E-state index contributed by atoms with van der Waals surface area (Å²) in [5.41, 5.74) is 1.07. The van der Waals surface area contributed by atoms with Gasteiger partial charge in [-0.05, 0) is 31.7 Å². The molecule has 0 spiro atoms. The van der Waals surface area contributed by atoms with E-state index in [2.05, 4.69) is 29.9 Å². The van der Waals surface area contributed by atoms with E-state index in [1.165, 1.54) is 30.3 Å². The van der Waals surface area contributed by atoms with Crippen molar-refractivity contribution < 1.29 is 31.8 Å². The lowest BCUT2D eigenvalue weighted by Crippen LogP contribution is -2.07. The van der Waals surface area contributed by atoms with Gasteiger partial charge in [-0.3, -0.25) is 0 Å². The molecule has 41 heavy (non-hydrogen) atoms. The molecule has 5 heterocycles. The Kier molecular flexibility index (Phi) is 6.01. The van der Waals surface area contributed by atoms with Crippen molar-refractivity contribution in [3.05, 3.63) is 53.1 Å². The third-order valence-corrected chi connectivity index (χ3v) is 7.19. The van der Waals surface area contributed by atoms with Gasteiger partial charge in [0.15, 0.2) is 23.2 Å². The number of alkyl halides is 3. The van der Waals surface area contributed by atoms with Crippen molar-refractivity contribution in [2.45, 2.75) is 56.8 Å². The first-order valence-electron chi connectivity index (χ1n) is 13.2. The van der Waals surface area contributed by atoms with Crippen molar-refractivity contribution in [3.63, 3.8) is 0 Å². The number of nitrogens with zero attached hydrogens (tertiary/aromatic N) is 7. The molecule has 0 bridgehead atoms. The molecule has 0 aromatic carbocycles. The number of hydrogen-bond donors (Lipinski definition) is 0. The maximum absolute atomic E-state index is 15.2. The Morgan fingerprint density at radius 3 is 2.59 bits per heavy atom. The van der Waals surface area contributed by atoms with E-state index in [1.807, 2.05) is 0 Å². The van der Waals surface area contributed by atoms with Gasteiger partial charge in [0.2, 0.25) is 17.6 Å². The highest BCUT2D eigenvalue weighted by Crippen LogP contribution is 2.46. The van der Waals surface area contributed by atoms with E-state index < -0.39 is 17.7 Å². The summed E-state index contributed by atoms with van der Waals surface area (Å²) in [6, 6.07) is 1.03. The Bertz CT molecular complexity index is 1650. The van der Waals surface area contributed by atoms with Crippen LogP contribution in [0.1, 0.15) is 60.2 Å². The fourth-order valence-corrected chi connectivity index (χ4v) is 4.88. The van der Waals surface area contributed by atoms with Crippen LogP contribution in [0.4, 0.5) is 17.6 Å². The number of pyridine rings is 1. The second-order valence-electron chi connectivity index (χ2n) is 10.2. The predicted molar refractivity (Wildman–Crippen MR) is 134 cm³/mol. The SMILES string of the molecule is COc1ncnc(C2CC2)c1-c1nc2c(c(OCc3cnc(-c4nc(C(F)(F)F)cn4C4CC4)c(F)c3)n1)CCO2. The molecule has 14 heteroatoms. The first-order valence-corrected chi connectivity index (χ1v) is 13.2. The number of imidazole rings is 1. The van der Waals surface area contributed by atoms with Crippen LogP contribution in [-0.2, 0) is 19.2 Å². The number of rotatable bonds is 8. The number of ether oxygens (including phenoxy) is 3. The Morgan fingerprint density at radius 1 is 1.05 bits per heavy atom. The Hall–Kier alpha value is -4.36. The van der Waals surface area contributed by atoms with Gasteiger partial charge >= 0.3 is 6.18 Å². The van der Waals surface area contributed by atoms with Crippen molar-refractivity contribution in [2.24, 2.45) is 0 Å². The topological polar surface area (TPSA) is 110 Å². The molecule has 212 valence electrons. The highest BCUT2D eigenvalue weighted by molar-refractivity contribution is 5.67. The summed E-state index contributed by atoms with van der Waals surface area (Å²) in [7, 11) is 1.51. The molecular weight excluding hydrogens is 546 g/mol. The van der Waals surface area contributed by atoms with Gasteiger partial charge < -0.3 is 18.8 Å². The lowest BCUT2D eigenvalue weighted by atomic mass is 10.1. The average Bonchev–Trinajstić information content (AvgIpc) is 3.89. The molecule has 0 unspecified atom stereocenters. The predicted octanol–water partition coefficient (Wildman–Crippen LogP) is 5.08. The Balaban J connectivity index is 1.18. The van der Waals surface area contributed by atoms with E-state index >= 15 is 4.39 Å². The van der Waals surface area contributed by atoms with Gasteiger partial charge in [-0.2, -0.15) is 23.1 Å². The highest BCUT2D eigenvalue weighted by atomic mass is 19.4. The van der Waals surface area contributed by atoms with Gasteiger partial charge in [-0.1, -0.05) is 0 Å². The highest BCUT2D eigenvalue weighted by Gasteiger charge is 2.38. The summed E-state index contributed by atoms with van der Waals surface area (Å²) < 4.78 is 73.7. The normalized spacial score (nSPS) is 16.4. The monoisotopic (exact) mass is 569 g/mol. The zero-order valence-electron chi connectivity index (χ0n) is 21.8. The fourth-order valence-electron chi connectivity index (χ4n) is 4.88. The smallest absolute Gasteiger partial charge is 0.434 e. The molecule has 2 saturated carbocycles. The van der Waals surface area contributed by atoms with Crippen molar-refractivity contribution in [1.29, 1.82) is 0 Å². The van der Waals surface area contributed by atoms with Crippen molar-refractivity contribution in [1.82, 2.24) is 34.5 Å². The molecule has 3 aliphatic rings. The van der Waals surface area contributed by atoms with E-state index in [4.69, 9.17) is 14.2 Å². The van der Waals surface area contributed by atoms with Gasteiger partial charge in [0.1, 0.15) is 24.2 Å². The Labute approximate surface area is 230 Å². The molecule has 4 aromatic rings. The van der Waals surface area contributed by atoms with Crippen LogP contribution in [0.3, 0.4) is 0 Å². The zero-order chi connectivity index (χ0) is 28.3. The van der Waals surface area contributed by atoms with Gasteiger partial charge in [0, 0.05) is 36.3 Å². The molecule has 2 fully saturated rings. The molecule has 10 nitrogen and oxygen atoms in total. The first kappa shape index (κ1) is 25.6. The molecule has 2 aliphatic carbocycles. The lowest BCUT2D eigenvalue weighted by Gasteiger charge is -2.14. The van der Waals surface area contributed by atoms with Crippen molar-refractivity contribution in [3.8, 4) is 40.5 Å². The molecular formula is C27H23F4N7O3. The molecule has 0 N–H and O–H groups in total. The summed E-state index contributed by atoms with van der Waals surface area (Å²) in [6.45, 7) is 0.302. The van der Waals surface area contributed by atoms with E-state index in [9.17, 15) is 13.2 Å². The van der Waals surface area contributed by atoms with Gasteiger partial charge in [-0.25, -0.2) is 24.3 Å². The maximum Gasteiger partial charge on any atom is 0.434 e.